The van der Waals surface area contributed by atoms with Crippen molar-refractivity contribution in [1.29, 1.82) is 0 Å². The van der Waals surface area contributed by atoms with Crippen molar-refractivity contribution in [3.8, 4) is 5.75 Å². The molecule has 0 saturated carbocycles. The molecule has 2 fully saturated rings. The normalized spacial score (nSPS) is 22.1. The predicted molar refractivity (Wildman–Crippen MR) is 68.7 cm³/mol. The number of amides is 2. The van der Waals surface area contributed by atoms with E-state index in [-0.39, 0.29) is 23.3 Å². The Morgan fingerprint density at radius 2 is 2.15 bits per heavy atom. The minimum absolute atomic E-state index is 0.0223. The van der Waals surface area contributed by atoms with Crippen molar-refractivity contribution in [2.45, 2.75) is 18.9 Å². The van der Waals surface area contributed by atoms with Gasteiger partial charge < -0.3 is 14.9 Å². The van der Waals surface area contributed by atoms with Crippen molar-refractivity contribution in [3.05, 3.63) is 29.6 Å². The van der Waals surface area contributed by atoms with Gasteiger partial charge in [-0.3, -0.25) is 9.59 Å². The molecule has 0 bridgehead atoms. The number of phenolic OH excluding ortho intramolecular Hbond substituents is 1. The summed E-state index contributed by atoms with van der Waals surface area (Å²) in [5, 5.41) is 9.67. The van der Waals surface area contributed by atoms with Gasteiger partial charge in [0, 0.05) is 32.1 Å². The zero-order chi connectivity index (χ0) is 14.3. The molecule has 0 radical (unpaired) electrons. The van der Waals surface area contributed by atoms with Crippen LogP contribution in [0.25, 0.3) is 0 Å². The van der Waals surface area contributed by atoms with Gasteiger partial charge in [-0.1, -0.05) is 6.07 Å². The van der Waals surface area contributed by atoms with Gasteiger partial charge in [-0.05, 0) is 18.6 Å². The molecule has 0 spiro atoms. The fourth-order valence-corrected chi connectivity index (χ4v) is 2.93. The summed E-state index contributed by atoms with van der Waals surface area (Å²) in [6.07, 6.45) is 1.24. The highest BCUT2D eigenvalue weighted by Crippen LogP contribution is 2.26. The number of nitrogens with zero attached hydrogens (tertiary/aromatic N) is 2. The van der Waals surface area contributed by atoms with Crippen LogP contribution in [0.5, 0.6) is 5.75 Å². The second-order valence-electron chi connectivity index (χ2n) is 5.16. The van der Waals surface area contributed by atoms with Crippen molar-refractivity contribution >= 4 is 11.8 Å². The van der Waals surface area contributed by atoms with Gasteiger partial charge >= 0.3 is 0 Å². The van der Waals surface area contributed by atoms with E-state index >= 15 is 0 Å². The van der Waals surface area contributed by atoms with Gasteiger partial charge in [-0.2, -0.15) is 0 Å². The SMILES string of the molecule is O=C(c1c(O)cccc1F)N1CCN2C(=O)CCC2C1. The van der Waals surface area contributed by atoms with Gasteiger partial charge in [0.1, 0.15) is 17.1 Å². The molecule has 2 aliphatic rings. The number of halogens is 1. The molecule has 1 aromatic rings. The molecule has 20 heavy (non-hydrogen) atoms. The summed E-state index contributed by atoms with van der Waals surface area (Å²) in [5.41, 5.74) is -0.287. The first kappa shape index (κ1) is 12.9. The summed E-state index contributed by atoms with van der Waals surface area (Å²) >= 11 is 0. The molecule has 2 amide bonds. The van der Waals surface area contributed by atoms with Crippen LogP contribution < -0.4 is 0 Å². The standard InChI is InChI=1S/C14H15FN2O3/c15-10-2-1-3-11(18)13(10)14(20)16-6-7-17-9(8-16)4-5-12(17)19/h1-3,9,18H,4-8H2. The molecule has 3 rings (SSSR count). The highest BCUT2D eigenvalue weighted by Gasteiger charge is 2.37. The number of rotatable bonds is 1. The highest BCUT2D eigenvalue weighted by molar-refractivity contribution is 5.97. The third-order valence-electron chi connectivity index (χ3n) is 3.99. The van der Waals surface area contributed by atoms with Crippen molar-refractivity contribution in [2.24, 2.45) is 0 Å². The first-order valence-electron chi connectivity index (χ1n) is 6.64. The molecule has 2 heterocycles. The van der Waals surface area contributed by atoms with E-state index in [0.717, 1.165) is 12.5 Å². The van der Waals surface area contributed by atoms with E-state index in [0.29, 0.717) is 26.1 Å². The Bertz CT molecular complexity index is 555. The van der Waals surface area contributed by atoms with Gasteiger partial charge in [0.05, 0.1) is 0 Å². The Kier molecular flexibility index (Phi) is 3.08. The maximum atomic E-state index is 13.7. The first-order chi connectivity index (χ1) is 9.58. The number of aromatic hydroxyl groups is 1. The summed E-state index contributed by atoms with van der Waals surface area (Å²) in [4.78, 5) is 27.2. The molecule has 2 aliphatic heterocycles. The third-order valence-corrected chi connectivity index (χ3v) is 3.99. The summed E-state index contributed by atoms with van der Waals surface area (Å²) in [5.74, 6) is -1.46. The molecule has 2 saturated heterocycles. The maximum Gasteiger partial charge on any atom is 0.260 e. The largest absolute Gasteiger partial charge is 0.507 e. The number of hydrogen-bond acceptors (Lipinski definition) is 3. The zero-order valence-electron chi connectivity index (χ0n) is 10.9. The third kappa shape index (κ3) is 2.01. The monoisotopic (exact) mass is 278 g/mol. The lowest BCUT2D eigenvalue weighted by atomic mass is 10.1. The van der Waals surface area contributed by atoms with Gasteiger partial charge in [0.2, 0.25) is 5.91 Å². The van der Waals surface area contributed by atoms with E-state index in [9.17, 15) is 19.1 Å². The Balaban J connectivity index is 1.80. The number of benzene rings is 1. The summed E-state index contributed by atoms with van der Waals surface area (Å²) in [6.45, 7) is 1.25. The number of phenols is 1. The van der Waals surface area contributed by atoms with Crippen LogP contribution in [0.4, 0.5) is 4.39 Å². The second-order valence-corrected chi connectivity index (χ2v) is 5.16. The van der Waals surface area contributed by atoms with E-state index < -0.39 is 11.7 Å². The number of carbonyl (C=O) groups is 2. The van der Waals surface area contributed by atoms with E-state index in [1.165, 1.54) is 17.0 Å². The predicted octanol–water partition coefficient (Wildman–Crippen LogP) is 0.978. The van der Waals surface area contributed by atoms with Crippen LogP contribution in [-0.2, 0) is 4.79 Å². The molecular weight excluding hydrogens is 263 g/mol. The number of hydrogen-bond donors (Lipinski definition) is 1. The van der Waals surface area contributed by atoms with E-state index in [2.05, 4.69) is 0 Å². The maximum absolute atomic E-state index is 13.7. The molecule has 0 aromatic heterocycles. The summed E-state index contributed by atoms with van der Waals surface area (Å²) in [7, 11) is 0. The summed E-state index contributed by atoms with van der Waals surface area (Å²) < 4.78 is 13.7. The second kappa shape index (κ2) is 4.77. The average molecular weight is 278 g/mol. The van der Waals surface area contributed by atoms with Crippen LogP contribution in [0.3, 0.4) is 0 Å². The zero-order valence-corrected chi connectivity index (χ0v) is 10.9. The number of piperazine rings is 1. The molecule has 0 aliphatic carbocycles. The van der Waals surface area contributed by atoms with Crippen molar-refractivity contribution in [2.75, 3.05) is 19.6 Å². The Labute approximate surface area is 115 Å². The fraction of sp³-hybridized carbons (Fsp3) is 0.429. The average Bonchev–Trinajstić information content (AvgIpc) is 2.79. The molecule has 1 atom stereocenters. The molecule has 1 unspecified atom stereocenters. The van der Waals surface area contributed by atoms with Crippen molar-refractivity contribution in [3.63, 3.8) is 0 Å². The van der Waals surface area contributed by atoms with E-state index in [1.54, 1.807) is 4.90 Å². The lowest BCUT2D eigenvalue weighted by molar-refractivity contribution is -0.130. The van der Waals surface area contributed by atoms with Crippen LogP contribution in [0.15, 0.2) is 18.2 Å². The van der Waals surface area contributed by atoms with Crippen LogP contribution in [0.2, 0.25) is 0 Å². The Morgan fingerprint density at radius 1 is 1.35 bits per heavy atom. The van der Waals surface area contributed by atoms with Crippen molar-refractivity contribution in [1.82, 2.24) is 9.80 Å². The molecule has 1 aromatic carbocycles. The minimum atomic E-state index is -0.722. The van der Waals surface area contributed by atoms with Gasteiger partial charge in [-0.25, -0.2) is 4.39 Å². The molecule has 106 valence electrons. The van der Waals surface area contributed by atoms with Gasteiger partial charge in [0.15, 0.2) is 0 Å². The molecular formula is C14H15FN2O3. The van der Waals surface area contributed by atoms with Crippen molar-refractivity contribution < 1.29 is 19.1 Å². The van der Waals surface area contributed by atoms with E-state index in [4.69, 9.17) is 0 Å². The molecule has 5 nitrogen and oxygen atoms in total. The lowest BCUT2D eigenvalue weighted by Crippen LogP contribution is -2.53. The van der Waals surface area contributed by atoms with E-state index in [1.807, 2.05) is 0 Å². The van der Waals surface area contributed by atoms with Gasteiger partial charge in [-0.15, -0.1) is 0 Å². The Hall–Kier alpha value is -2.11. The number of fused-ring (bicyclic) bond motifs is 1. The fourth-order valence-electron chi connectivity index (χ4n) is 2.93. The molecule has 1 N–H and O–H groups in total. The number of carbonyl (C=O) groups excluding carboxylic acids is 2. The first-order valence-corrected chi connectivity index (χ1v) is 6.64. The van der Waals surface area contributed by atoms with Crippen LogP contribution in [0.1, 0.15) is 23.2 Å². The van der Waals surface area contributed by atoms with Crippen LogP contribution in [0, 0.1) is 5.82 Å². The lowest BCUT2D eigenvalue weighted by Gasteiger charge is -2.37. The topological polar surface area (TPSA) is 60.9 Å². The Morgan fingerprint density at radius 3 is 2.90 bits per heavy atom. The summed E-state index contributed by atoms with van der Waals surface area (Å²) in [6, 6.07) is 3.83. The van der Waals surface area contributed by atoms with Crippen LogP contribution in [-0.4, -0.2) is 52.4 Å². The van der Waals surface area contributed by atoms with Crippen LogP contribution >= 0.6 is 0 Å². The molecule has 6 heteroatoms. The highest BCUT2D eigenvalue weighted by atomic mass is 19.1. The quantitative estimate of drug-likeness (QED) is 0.833. The minimum Gasteiger partial charge on any atom is -0.507 e. The smallest absolute Gasteiger partial charge is 0.260 e. The van der Waals surface area contributed by atoms with Gasteiger partial charge in [0.25, 0.3) is 5.91 Å².